The largest absolute Gasteiger partial charge is 0.508 e. The summed E-state index contributed by atoms with van der Waals surface area (Å²) < 4.78 is 0. The number of carboxylic acid groups (broad SMARTS) is 2. The van der Waals surface area contributed by atoms with E-state index in [9.17, 15) is 14.7 Å². The fourth-order valence-electron chi connectivity index (χ4n) is 2.77. The maximum Gasteiger partial charge on any atom is 0.328 e. The molecule has 0 fully saturated rings. The SMILES string of the molecule is CC(c1ccc(O)cc1)c1cccnc1NC(=N)Nc1ccccc1.O=C(O)/C=C\C(=O)O. The number of carboxylic acids is 2. The molecule has 3 aromatic rings. The molecule has 3 rings (SSSR count). The second-order valence-electron chi connectivity index (χ2n) is 6.76. The summed E-state index contributed by atoms with van der Waals surface area (Å²) in [6.07, 6.45) is 2.82. The molecule has 1 unspecified atom stereocenters. The molecule has 0 saturated heterocycles. The average molecular weight is 448 g/mol. The van der Waals surface area contributed by atoms with Gasteiger partial charge in [0.05, 0.1) is 0 Å². The highest BCUT2D eigenvalue weighted by atomic mass is 16.4. The summed E-state index contributed by atoms with van der Waals surface area (Å²) in [5.74, 6) is -1.41. The second-order valence-corrected chi connectivity index (χ2v) is 6.76. The molecular weight excluding hydrogens is 424 g/mol. The number of aliphatic carboxylic acids is 2. The van der Waals surface area contributed by atoms with Crippen molar-refractivity contribution < 1.29 is 24.9 Å². The van der Waals surface area contributed by atoms with Crippen LogP contribution in [0.15, 0.2) is 85.1 Å². The Balaban J connectivity index is 0.000000414. The number of pyridine rings is 1. The summed E-state index contributed by atoms with van der Waals surface area (Å²) in [6, 6.07) is 20.6. The number of aromatic hydroxyl groups is 1. The third-order valence-corrected chi connectivity index (χ3v) is 4.35. The van der Waals surface area contributed by atoms with Crippen molar-refractivity contribution in [3.05, 3.63) is 96.2 Å². The van der Waals surface area contributed by atoms with E-state index in [1.165, 1.54) is 0 Å². The quantitative estimate of drug-likeness (QED) is 0.187. The van der Waals surface area contributed by atoms with Gasteiger partial charge in [0.2, 0.25) is 0 Å². The zero-order valence-electron chi connectivity index (χ0n) is 17.8. The number of nitrogens with one attached hydrogen (secondary N) is 3. The lowest BCUT2D eigenvalue weighted by atomic mass is 9.93. The molecule has 1 aromatic heterocycles. The van der Waals surface area contributed by atoms with Gasteiger partial charge >= 0.3 is 11.9 Å². The van der Waals surface area contributed by atoms with Crippen LogP contribution in [-0.4, -0.2) is 38.2 Å². The predicted molar refractivity (Wildman–Crippen MR) is 126 cm³/mol. The van der Waals surface area contributed by atoms with Crippen LogP contribution in [0.3, 0.4) is 0 Å². The Labute approximate surface area is 190 Å². The van der Waals surface area contributed by atoms with Gasteiger partial charge in [0.25, 0.3) is 0 Å². The number of nitrogens with zero attached hydrogens (tertiary/aromatic N) is 1. The Hall–Kier alpha value is -4.66. The zero-order chi connectivity index (χ0) is 24.2. The third kappa shape index (κ3) is 8.54. The van der Waals surface area contributed by atoms with Gasteiger partial charge in [0.1, 0.15) is 11.6 Å². The van der Waals surface area contributed by atoms with Crippen molar-refractivity contribution in [1.82, 2.24) is 4.98 Å². The smallest absolute Gasteiger partial charge is 0.328 e. The Morgan fingerprint density at radius 3 is 2.09 bits per heavy atom. The molecule has 6 N–H and O–H groups in total. The number of phenols is 1. The van der Waals surface area contributed by atoms with Gasteiger partial charge in [0.15, 0.2) is 5.96 Å². The van der Waals surface area contributed by atoms with Crippen LogP contribution < -0.4 is 10.6 Å². The molecule has 0 bridgehead atoms. The van der Waals surface area contributed by atoms with Gasteiger partial charge in [0, 0.05) is 35.5 Å². The number of para-hydroxylation sites is 1. The highest BCUT2D eigenvalue weighted by Crippen LogP contribution is 2.29. The molecule has 1 heterocycles. The molecule has 170 valence electrons. The van der Waals surface area contributed by atoms with Crippen molar-refractivity contribution in [2.75, 3.05) is 10.6 Å². The van der Waals surface area contributed by atoms with Crippen molar-refractivity contribution in [3.63, 3.8) is 0 Å². The van der Waals surface area contributed by atoms with E-state index in [1.54, 1.807) is 18.3 Å². The van der Waals surface area contributed by atoms with Crippen LogP contribution in [0.4, 0.5) is 11.5 Å². The van der Waals surface area contributed by atoms with E-state index in [0.717, 1.165) is 16.8 Å². The van der Waals surface area contributed by atoms with E-state index in [1.807, 2.05) is 54.6 Å². The molecule has 0 saturated carbocycles. The van der Waals surface area contributed by atoms with Crippen molar-refractivity contribution >= 4 is 29.4 Å². The van der Waals surface area contributed by atoms with Gasteiger partial charge in [-0.05, 0) is 35.9 Å². The van der Waals surface area contributed by atoms with E-state index >= 15 is 0 Å². The number of anilines is 2. The zero-order valence-corrected chi connectivity index (χ0v) is 17.8. The highest BCUT2D eigenvalue weighted by molar-refractivity contribution is 6.01. The molecule has 1 atom stereocenters. The minimum Gasteiger partial charge on any atom is -0.508 e. The monoisotopic (exact) mass is 448 g/mol. The number of carbonyl (C=O) groups is 2. The van der Waals surface area contributed by atoms with Crippen LogP contribution in [0.2, 0.25) is 0 Å². The molecule has 9 nitrogen and oxygen atoms in total. The first-order valence-corrected chi connectivity index (χ1v) is 9.81. The lowest BCUT2D eigenvalue weighted by molar-refractivity contribution is -0.134. The van der Waals surface area contributed by atoms with Crippen LogP contribution in [0.1, 0.15) is 24.0 Å². The highest BCUT2D eigenvalue weighted by Gasteiger charge is 2.14. The maximum absolute atomic E-state index is 9.55. The van der Waals surface area contributed by atoms with Gasteiger partial charge in [-0.25, -0.2) is 14.6 Å². The average Bonchev–Trinajstić information content (AvgIpc) is 2.79. The van der Waals surface area contributed by atoms with Gasteiger partial charge in [-0.15, -0.1) is 0 Å². The summed E-state index contributed by atoms with van der Waals surface area (Å²) in [7, 11) is 0. The second kappa shape index (κ2) is 12.3. The van der Waals surface area contributed by atoms with Gasteiger partial charge in [-0.3, -0.25) is 5.41 Å². The van der Waals surface area contributed by atoms with Crippen molar-refractivity contribution in [2.45, 2.75) is 12.8 Å². The number of hydrogen-bond acceptors (Lipinski definition) is 5. The number of benzene rings is 2. The maximum atomic E-state index is 9.55. The summed E-state index contributed by atoms with van der Waals surface area (Å²) >= 11 is 0. The van der Waals surface area contributed by atoms with E-state index in [0.29, 0.717) is 18.0 Å². The lowest BCUT2D eigenvalue weighted by Gasteiger charge is -2.18. The fourth-order valence-corrected chi connectivity index (χ4v) is 2.77. The molecule has 0 amide bonds. The molecule has 33 heavy (non-hydrogen) atoms. The molecule has 2 aromatic carbocycles. The predicted octanol–water partition coefficient (Wildman–Crippen LogP) is 4.11. The number of guanidine groups is 1. The van der Waals surface area contributed by atoms with Crippen molar-refractivity contribution in [2.24, 2.45) is 0 Å². The summed E-state index contributed by atoms with van der Waals surface area (Å²) in [6.45, 7) is 2.07. The minimum absolute atomic E-state index is 0.0707. The summed E-state index contributed by atoms with van der Waals surface area (Å²) in [4.78, 5) is 23.5. The Morgan fingerprint density at radius 2 is 1.52 bits per heavy atom. The standard InChI is InChI=1S/C20H20N4O.C4H4O4/c1-14(15-9-11-17(25)12-10-15)18-8-5-13-22-19(18)24-20(21)23-16-6-3-2-4-7-16;5-3(6)1-2-4(7)8/h2-14,25H,1H3,(H3,21,22,23,24);1-2H,(H,5,6)(H,7,8)/b;2-1-. The molecule has 0 aliphatic heterocycles. The van der Waals surface area contributed by atoms with Crippen molar-refractivity contribution in [1.29, 1.82) is 5.41 Å². The van der Waals surface area contributed by atoms with Gasteiger partial charge in [-0.1, -0.05) is 43.3 Å². The Bertz CT molecular complexity index is 1100. The molecular formula is C24H24N4O5. The first-order valence-electron chi connectivity index (χ1n) is 9.81. The first kappa shape index (κ1) is 24.6. The van der Waals surface area contributed by atoms with E-state index in [2.05, 4.69) is 22.5 Å². The Morgan fingerprint density at radius 1 is 0.909 bits per heavy atom. The molecule has 9 heteroatoms. The Kier molecular flexibility index (Phi) is 9.14. The van der Waals surface area contributed by atoms with Crippen LogP contribution in [0.5, 0.6) is 5.75 Å². The molecule has 0 aliphatic carbocycles. The van der Waals surface area contributed by atoms with E-state index in [-0.39, 0.29) is 17.6 Å². The van der Waals surface area contributed by atoms with Crippen LogP contribution in [0.25, 0.3) is 0 Å². The number of aromatic nitrogens is 1. The minimum atomic E-state index is -1.26. The van der Waals surface area contributed by atoms with E-state index in [4.69, 9.17) is 15.6 Å². The molecule has 0 spiro atoms. The summed E-state index contributed by atoms with van der Waals surface area (Å²) in [5, 5.41) is 39.3. The first-order chi connectivity index (χ1) is 15.8. The number of phenolic OH excluding ortho intramolecular Hbond substituents is 1. The van der Waals surface area contributed by atoms with Crippen LogP contribution in [0, 0.1) is 5.41 Å². The van der Waals surface area contributed by atoms with Gasteiger partial charge < -0.3 is 26.0 Å². The van der Waals surface area contributed by atoms with Crippen LogP contribution >= 0.6 is 0 Å². The van der Waals surface area contributed by atoms with Gasteiger partial charge in [-0.2, -0.15) is 0 Å². The lowest BCUT2D eigenvalue weighted by Crippen LogP contribution is -2.22. The topological polar surface area (TPSA) is 156 Å². The third-order valence-electron chi connectivity index (χ3n) is 4.35. The molecule has 0 radical (unpaired) electrons. The fraction of sp³-hybridized carbons (Fsp3) is 0.0833. The van der Waals surface area contributed by atoms with Crippen LogP contribution in [-0.2, 0) is 9.59 Å². The normalized spacial score (nSPS) is 11.1. The number of hydrogen-bond donors (Lipinski definition) is 6. The number of rotatable bonds is 6. The molecule has 0 aliphatic rings. The summed E-state index contributed by atoms with van der Waals surface area (Å²) in [5.41, 5.74) is 2.88. The van der Waals surface area contributed by atoms with E-state index < -0.39 is 11.9 Å². The van der Waals surface area contributed by atoms with Crippen molar-refractivity contribution in [3.8, 4) is 5.75 Å².